The van der Waals surface area contributed by atoms with Crippen molar-refractivity contribution in [1.29, 1.82) is 0 Å². The fraction of sp³-hybridized carbons (Fsp3) is 1.00. The normalized spacial score (nSPS) is 10.8. The smallest absolute Gasteiger partial charge is 0.240 e. The molecule has 4 heteroatoms. The van der Waals surface area contributed by atoms with Crippen LogP contribution >= 0.6 is 0 Å². The quantitative estimate of drug-likeness (QED) is 0.537. The van der Waals surface area contributed by atoms with Crippen molar-refractivity contribution in [3.63, 3.8) is 0 Å². The summed E-state index contributed by atoms with van der Waals surface area (Å²) < 4.78 is 32.3. The highest BCUT2D eigenvalue weighted by molar-refractivity contribution is 4.37. The topological polar surface area (TPSA) is 18.5 Å². The minimum Gasteiger partial charge on any atom is -0.382 e. The van der Waals surface area contributed by atoms with Crippen LogP contribution in [0.3, 0.4) is 0 Å². The van der Waals surface area contributed by atoms with Crippen LogP contribution in [-0.4, -0.2) is 33.4 Å². The molecule has 0 heterocycles. The molecule has 0 amide bonds. The van der Waals surface area contributed by atoms with Gasteiger partial charge in [-0.3, -0.25) is 0 Å². The zero-order valence-electron chi connectivity index (χ0n) is 5.98. The van der Waals surface area contributed by atoms with Crippen molar-refractivity contribution < 1.29 is 18.3 Å². The van der Waals surface area contributed by atoms with Crippen LogP contribution in [0.5, 0.6) is 0 Å². The summed E-state index contributed by atoms with van der Waals surface area (Å²) >= 11 is 0. The maximum Gasteiger partial charge on any atom is 0.240 e. The van der Waals surface area contributed by atoms with Crippen molar-refractivity contribution in [2.75, 3.05) is 26.9 Å². The van der Waals surface area contributed by atoms with Gasteiger partial charge in [0, 0.05) is 13.5 Å². The van der Waals surface area contributed by atoms with Crippen LogP contribution in [0.1, 0.15) is 6.42 Å². The molecule has 0 unspecified atom stereocenters. The second-order valence-electron chi connectivity index (χ2n) is 1.78. The van der Waals surface area contributed by atoms with Gasteiger partial charge >= 0.3 is 0 Å². The Labute approximate surface area is 59.1 Å². The fourth-order valence-electron chi connectivity index (χ4n) is 0.417. The molecular weight excluding hydrogens is 142 g/mol. The van der Waals surface area contributed by atoms with Gasteiger partial charge in [0.1, 0.15) is 0 Å². The van der Waals surface area contributed by atoms with E-state index in [0.717, 1.165) is 0 Å². The van der Waals surface area contributed by atoms with Gasteiger partial charge in [-0.1, -0.05) is 0 Å². The van der Waals surface area contributed by atoms with Gasteiger partial charge in [-0.2, -0.15) is 0 Å². The van der Waals surface area contributed by atoms with Crippen LogP contribution in [0.4, 0.5) is 8.78 Å². The number of alkyl halides is 2. The average molecular weight is 154 g/mol. The monoisotopic (exact) mass is 154 g/mol. The van der Waals surface area contributed by atoms with Gasteiger partial charge in [-0.15, -0.1) is 0 Å². The molecule has 62 valence electrons. The standard InChI is InChI=1S/C6H12F2O2/c1-9-4-5-10-3-2-6(7)8/h6H,2-5H2,1H3. The Morgan fingerprint density at radius 1 is 1.20 bits per heavy atom. The van der Waals surface area contributed by atoms with E-state index in [1.807, 2.05) is 0 Å². The molecule has 10 heavy (non-hydrogen) atoms. The van der Waals surface area contributed by atoms with E-state index in [9.17, 15) is 8.78 Å². The molecule has 0 rings (SSSR count). The van der Waals surface area contributed by atoms with Crippen LogP contribution in [0.25, 0.3) is 0 Å². The lowest BCUT2D eigenvalue weighted by molar-refractivity contribution is 0.0394. The first kappa shape index (κ1) is 9.78. The first-order chi connectivity index (χ1) is 4.77. The van der Waals surface area contributed by atoms with E-state index in [1.165, 1.54) is 7.11 Å². The molecule has 0 aliphatic heterocycles. The Morgan fingerprint density at radius 3 is 2.40 bits per heavy atom. The molecule has 0 aliphatic carbocycles. The Kier molecular flexibility index (Phi) is 6.74. The van der Waals surface area contributed by atoms with E-state index in [4.69, 9.17) is 4.74 Å². The summed E-state index contributed by atoms with van der Waals surface area (Å²) in [6, 6.07) is 0. The zero-order valence-corrected chi connectivity index (χ0v) is 5.98. The van der Waals surface area contributed by atoms with Crippen LogP contribution in [0, 0.1) is 0 Å². The molecule has 0 spiro atoms. The molecule has 0 fully saturated rings. The molecule has 0 aromatic carbocycles. The molecule has 0 atom stereocenters. The third kappa shape index (κ3) is 7.78. The van der Waals surface area contributed by atoms with E-state index in [1.54, 1.807) is 0 Å². The van der Waals surface area contributed by atoms with Crippen molar-refractivity contribution in [2.24, 2.45) is 0 Å². The number of halogens is 2. The number of hydrogen-bond acceptors (Lipinski definition) is 2. The van der Waals surface area contributed by atoms with E-state index in [2.05, 4.69) is 4.74 Å². The van der Waals surface area contributed by atoms with Crippen molar-refractivity contribution in [3.8, 4) is 0 Å². The molecular formula is C6H12F2O2. The van der Waals surface area contributed by atoms with Crippen molar-refractivity contribution >= 4 is 0 Å². The molecule has 2 nitrogen and oxygen atoms in total. The maximum absolute atomic E-state index is 11.4. The van der Waals surface area contributed by atoms with E-state index < -0.39 is 6.43 Å². The Morgan fingerprint density at radius 2 is 1.90 bits per heavy atom. The molecule has 0 bridgehead atoms. The first-order valence-corrected chi connectivity index (χ1v) is 3.12. The van der Waals surface area contributed by atoms with Gasteiger partial charge in [0.05, 0.1) is 19.8 Å². The number of methoxy groups -OCH3 is 1. The third-order valence-electron chi connectivity index (χ3n) is 0.912. The summed E-state index contributed by atoms with van der Waals surface area (Å²) in [5.41, 5.74) is 0. The van der Waals surface area contributed by atoms with E-state index in [0.29, 0.717) is 13.2 Å². The van der Waals surface area contributed by atoms with Crippen LogP contribution in [-0.2, 0) is 9.47 Å². The summed E-state index contributed by atoms with van der Waals surface area (Å²) in [5.74, 6) is 0. The van der Waals surface area contributed by atoms with Crippen molar-refractivity contribution in [1.82, 2.24) is 0 Å². The van der Waals surface area contributed by atoms with Gasteiger partial charge < -0.3 is 9.47 Å². The number of hydrogen-bond donors (Lipinski definition) is 0. The maximum atomic E-state index is 11.4. The molecule has 0 saturated heterocycles. The van der Waals surface area contributed by atoms with Gasteiger partial charge in [0.15, 0.2) is 0 Å². The summed E-state index contributed by atoms with van der Waals surface area (Å²) in [6.07, 6.45) is -2.45. The molecule has 0 saturated carbocycles. The molecule has 0 aromatic rings. The lowest BCUT2D eigenvalue weighted by atomic mass is 10.5. The van der Waals surface area contributed by atoms with E-state index >= 15 is 0 Å². The summed E-state index contributed by atoms with van der Waals surface area (Å²) in [7, 11) is 1.54. The van der Waals surface area contributed by atoms with Crippen LogP contribution < -0.4 is 0 Å². The second-order valence-corrected chi connectivity index (χ2v) is 1.78. The number of rotatable bonds is 6. The van der Waals surface area contributed by atoms with E-state index in [-0.39, 0.29) is 13.0 Å². The third-order valence-corrected chi connectivity index (χ3v) is 0.912. The predicted octanol–water partition coefficient (Wildman–Crippen LogP) is 1.30. The minimum absolute atomic E-state index is 0.112. The van der Waals surface area contributed by atoms with Gasteiger partial charge in [0.25, 0.3) is 0 Å². The molecule has 0 N–H and O–H groups in total. The SMILES string of the molecule is COCCOCCC(F)F. The predicted molar refractivity (Wildman–Crippen MR) is 33.3 cm³/mol. The Balaban J connectivity index is 2.77. The largest absolute Gasteiger partial charge is 0.382 e. The highest BCUT2D eigenvalue weighted by Gasteiger charge is 2.00. The Bertz CT molecular complexity index is 68.8. The summed E-state index contributed by atoms with van der Waals surface area (Å²) in [6.45, 7) is 0.966. The van der Waals surface area contributed by atoms with Crippen LogP contribution in [0.2, 0.25) is 0 Å². The first-order valence-electron chi connectivity index (χ1n) is 3.12. The van der Waals surface area contributed by atoms with Crippen molar-refractivity contribution in [3.05, 3.63) is 0 Å². The fourth-order valence-corrected chi connectivity index (χ4v) is 0.417. The molecule has 0 aromatic heterocycles. The average Bonchev–Trinajstić information content (AvgIpc) is 1.87. The summed E-state index contributed by atoms with van der Waals surface area (Å²) in [4.78, 5) is 0. The lowest BCUT2D eigenvalue weighted by Crippen LogP contribution is -2.05. The highest BCUT2D eigenvalue weighted by atomic mass is 19.3. The highest BCUT2D eigenvalue weighted by Crippen LogP contribution is 1.97. The minimum atomic E-state index is -2.26. The van der Waals surface area contributed by atoms with Gasteiger partial charge in [0.2, 0.25) is 6.43 Å². The van der Waals surface area contributed by atoms with Gasteiger partial charge in [-0.05, 0) is 0 Å². The second kappa shape index (κ2) is 6.89. The van der Waals surface area contributed by atoms with Crippen molar-refractivity contribution in [2.45, 2.75) is 12.8 Å². The van der Waals surface area contributed by atoms with Gasteiger partial charge in [-0.25, -0.2) is 8.78 Å². The Hall–Kier alpha value is -0.220. The molecule has 0 aliphatic rings. The zero-order chi connectivity index (χ0) is 7.82. The lowest BCUT2D eigenvalue weighted by Gasteiger charge is -2.01. The molecule has 0 radical (unpaired) electrons. The van der Waals surface area contributed by atoms with Crippen LogP contribution in [0.15, 0.2) is 0 Å². The number of ether oxygens (including phenoxy) is 2. The summed E-state index contributed by atoms with van der Waals surface area (Å²) in [5, 5.41) is 0.